The van der Waals surface area contributed by atoms with E-state index in [4.69, 9.17) is 26.1 Å². The monoisotopic (exact) mass is 672 g/mol. The number of fused-ring (bicyclic) bond motifs is 2. The van der Waals surface area contributed by atoms with E-state index < -0.39 is 12.0 Å². The summed E-state index contributed by atoms with van der Waals surface area (Å²) >= 11 is 10.9. The molecule has 0 spiro atoms. The second kappa shape index (κ2) is 12.3. The highest BCUT2D eigenvalue weighted by molar-refractivity contribution is 9.10. The molecule has 9 heteroatoms. The van der Waals surface area contributed by atoms with Gasteiger partial charge in [0, 0.05) is 5.02 Å². The Labute approximate surface area is 265 Å². The average molecular weight is 674 g/mol. The fourth-order valence-electron chi connectivity index (χ4n) is 5.19. The van der Waals surface area contributed by atoms with Gasteiger partial charge in [-0.25, -0.2) is 9.79 Å². The number of hydrogen-bond acceptors (Lipinski definition) is 6. The molecular weight excluding hydrogens is 648 g/mol. The van der Waals surface area contributed by atoms with E-state index >= 15 is 0 Å². The van der Waals surface area contributed by atoms with Crippen molar-refractivity contribution in [1.82, 2.24) is 4.57 Å². The van der Waals surface area contributed by atoms with E-state index in [-0.39, 0.29) is 12.2 Å². The normalized spacial score (nSPS) is 14.9. The number of allylic oxidation sites excluding steroid dienone is 1. The third kappa shape index (κ3) is 5.83. The lowest BCUT2D eigenvalue weighted by Crippen LogP contribution is -2.40. The first-order valence-corrected chi connectivity index (χ1v) is 15.7. The molecule has 43 heavy (non-hydrogen) atoms. The summed E-state index contributed by atoms with van der Waals surface area (Å²) in [4.78, 5) is 32.6. The zero-order valence-electron chi connectivity index (χ0n) is 23.3. The van der Waals surface area contributed by atoms with Gasteiger partial charge in [0.25, 0.3) is 5.56 Å². The number of carbonyl (C=O) groups excluding carboxylic acids is 1. The summed E-state index contributed by atoms with van der Waals surface area (Å²) in [5.41, 5.74) is 3.33. The highest BCUT2D eigenvalue weighted by Crippen LogP contribution is 2.35. The molecule has 0 saturated carbocycles. The Morgan fingerprint density at radius 3 is 2.60 bits per heavy atom. The Balaban J connectivity index is 1.41. The molecule has 1 aromatic heterocycles. The SMILES string of the molecule is CCOC(=O)C1=C(C)N=c2s/c(=C/c3ccc(OCc4ccc(Cl)cc4)c(Br)c3)c(=O)n2[C@H]1c1cccc2ccccc12. The van der Waals surface area contributed by atoms with Gasteiger partial charge in [-0.05, 0) is 87.6 Å². The number of hydrogen-bond donors (Lipinski definition) is 0. The Hall–Kier alpha value is -3.98. The minimum absolute atomic E-state index is 0.219. The van der Waals surface area contributed by atoms with Gasteiger partial charge in [0.15, 0.2) is 4.80 Å². The first-order chi connectivity index (χ1) is 20.8. The van der Waals surface area contributed by atoms with Crippen molar-refractivity contribution in [3.63, 3.8) is 0 Å². The number of benzene rings is 4. The lowest BCUT2D eigenvalue weighted by atomic mass is 9.91. The van der Waals surface area contributed by atoms with Crippen LogP contribution in [0.5, 0.6) is 5.75 Å². The van der Waals surface area contributed by atoms with E-state index in [1.165, 1.54) is 11.3 Å². The van der Waals surface area contributed by atoms with Crippen molar-refractivity contribution in [1.29, 1.82) is 0 Å². The molecule has 6 rings (SSSR count). The van der Waals surface area contributed by atoms with Crippen LogP contribution in [0.2, 0.25) is 5.02 Å². The molecule has 0 radical (unpaired) electrons. The molecule has 0 aliphatic carbocycles. The summed E-state index contributed by atoms with van der Waals surface area (Å²) in [5.74, 6) is 0.202. The molecular formula is C34H26BrClN2O4S. The minimum atomic E-state index is -0.682. The van der Waals surface area contributed by atoms with Crippen LogP contribution in [0.3, 0.4) is 0 Å². The van der Waals surface area contributed by atoms with Crippen LogP contribution < -0.4 is 19.6 Å². The van der Waals surface area contributed by atoms with Crippen molar-refractivity contribution >= 4 is 61.7 Å². The molecule has 6 nitrogen and oxygen atoms in total. The van der Waals surface area contributed by atoms with E-state index in [9.17, 15) is 9.59 Å². The molecule has 5 aromatic rings. The zero-order chi connectivity index (χ0) is 30.1. The first kappa shape index (κ1) is 29.1. The smallest absolute Gasteiger partial charge is 0.338 e. The Morgan fingerprint density at radius 1 is 1.07 bits per heavy atom. The van der Waals surface area contributed by atoms with Gasteiger partial charge in [0.2, 0.25) is 0 Å². The highest BCUT2D eigenvalue weighted by atomic mass is 79.9. The maximum Gasteiger partial charge on any atom is 0.338 e. The van der Waals surface area contributed by atoms with E-state index in [0.29, 0.717) is 38.0 Å². The zero-order valence-corrected chi connectivity index (χ0v) is 26.5. The standard InChI is InChI=1S/C34H26BrClN2O4S/c1-3-41-33(40)30-20(2)37-34-38(31(30)26-10-6-8-23-7-4-5-9-25(23)26)32(39)29(43-34)18-22-13-16-28(27(35)17-22)42-19-21-11-14-24(36)15-12-21/h4-18,31H,3,19H2,1-2H3/b29-18+/t31-/m0/s1. The van der Waals surface area contributed by atoms with Gasteiger partial charge >= 0.3 is 5.97 Å². The van der Waals surface area contributed by atoms with Crippen molar-refractivity contribution in [2.45, 2.75) is 26.5 Å². The topological polar surface area (TPSA) is 69.9 Å². The Kier molecular flexibility index (Phi) is 8.34. The fourth-order valence-corrected chi connectivity index (χ4v) is 6.88. The van der Waals surface area contributed by atoms with Crippen molar-refractivity contribution < 1.29 is 14.3 Å². The molecule has 2 heterocycles. The lowest BCUT2D eigenvalue weighted by molar-refractivity contribution is -0.139. The van der Waals surface area contributed by atoms with E-state index in [2.05, 4.69) is 15.9 Å². The minimum Gasteiger partial charge on any atom is -0.488 e. The summed E-state index contributed by atoms with van der Waals surface area (Å²) in [7, 11) is 0. The van der Waals surface area contributed by atoms with Gasteiger partial charge in [0.05, 0.1) is 32.9 Å². The van der Waals surface area contributed by atoms with Crippen LogP contribution in [0.4, 0.5) is 0 Å². The van der Waals surface area contributed by atoms with Crippen LogP contribution in [0, 0.1) is 0 Å². The quantitative estimate of drug-likeness (QED) is 0.176. The summed E-state index contributed by atoms with van der Waals surface area (Å²) in [6.07, 6.45) is 1.83. The van der Waals surface area contributed by atoms with Gasteiger partial charge in [-0.3, -0.25) is 9.36 Å². The van der Waals surface area contributed by atoms with E-state index in [1.807, 2.05) is 91.0 Å². The molecule has 0 saturated heterocycles. The fraction of sp³-hybridized carbons (Fsp3) is 0.147. The molecule has 0 amide bonds. The third-order valence-electron chi connectivity index (χ3n) is 7.20. The van der Waals surface area contributed by atoms with Gasteiger partial charge < -0.3 is 9.47 Å². The molecule has 0 bridgehead atoms. The molecule has 1 atom stereocenters. The second-order valence-corrected chi connectivity index (χ2v) is 12.3. The number of esters is 1. The van der Waals surface area contributed by atoms with Crippen molar-refractivity contribution in [2.75, 3.05) is 6.61 Å². The molecule has 0 N–H and O–H groups in total. The summed E-state index contributed by atoms with van der Waals surface area (Å²) < 4.78 is 14.3. The largest absolute Gasteiger partial charge is 0.488 e. The van der Waals surface area contributed by atoms with Crippen LogP contribution in [-0.2, 0) is 16.1 Å². The number of rotatable bonds is 7. The van der Waals surface area contributed by atoms with Crippen LogP contribution in [-0.4, -0.2) is 17.1 Å². The number of nitrogens with zero attached hydrogens (tertiary/aromatic N) is 2. The van der Waals surface area contributed by atoms with Gasteiger partial charge in [-0.15, -0.1) is 0 Å². The molecule has 0 unspecified atom stereocenters. The van der Waals surface area contributed by atoms with Crippen LogP contribution in [0.25, 0.3) is 16.8 Å². The lowest BCUT2D eigenvalue weighted by Gasteiger charge is -2.25. The molecule has 1 aliphatic rings. The first-order valence-electron chi connectivity index (χ1n) is 13.7. The van der Waals surface area contributed by atoms with Crippen molar-refractivity contribution in [3.05, 3.63) is 142 Å². The predicted octanol–water partition coefficient (Wildman–Crippen LogP) is 6.95. The van der Waals surface area contributed by atoms with E-state index in [0.717, 1.165) is 31.9 Å². The van der Waals surface area contributed by atoms with Crippen molar-refractivity contribution in [3.8, 4) is 5.75 Å². The Morgan fingerprint density at radius 2 is 1.84 bits per heavy atom. The van der Waals surface area contributed by atoms with Crippen molar-refractivity contribution in [2.24, 2.45) is 4.99 Å². The van der Waals surface area contributed by atoms with Gasteiger partial charge in [-0.1, -0.05) is 83.6 Å². The number of ether oxygens (including phenoxy) is 2. The molecule has 0 fully saturated rings. The van der Waals surface area contributed by atoms with Crippen LogP contribution >= 0.6 is 38.9 Å². The molecule has 4 aromatic carbocycles. The maximum absolute atomic E-state index is 14.1. The number of aromatic nitrogens is 1. The number of carbonyl (C=O) groups is 1. The Bertz CT molecular complexity index is 2080. The second-order valence-electron chi connectivity index (χ2n) is 9.98. The maximum atomic E-state index is 14.1. The average Bonchev–Trinajstić information content (AvgIpc) is 3.30. The third-order valence-corrected chi connectivity index (χ3v) is 9.05. The van der Waals surface area contributed by atoms with Gasteiger partial charge in [0.1, 0.15) is 12.4 Å². The van der Waals surface area contributed by atoms with Crippen LogP contribution in [0.1, 0.15) is 36.6 Å². The van der Waals surface area contributed by atoms with Crippen LogP contribution in [0.15, 0.2) is 110 Å². The summed E-state index contributed by atoms with van der Waals surface area (Å²) in [5, 5.41) is 2.65. The predicted molar refractivity (Wildman–Crippen MR) is 174 cm³/mol. The molecule has 216 valence electrons. The molecule has 1 aliphatic heterocycles. The van der Waals surface area contributed by atoms with E-state index in [1.54, 1.807) is 18.4 Å². The summed E-state index contributed by atoms with van der Waals surface area (Å²) in [6, 6.07) is 26.4. The van der Waals surface area contributed by atoms with Gasteiger partial charge in [-0.2, -0.15) is 0 Å². The number of thiazole rings is 1. The highest BCUT2D eigenvalue weighted by Gasteiger charge is 2.34. The number of halogens is 2. The summed E-state index contributed by atoms with van der Waals surface area (Å²) in [6.45, 7) is 4.17.